The van der Waals surface area contributed by atoms with E-state index in [0.29, 0.717) is 5.56 Å². The Morgan fingerprint density at radius 3 is 2.48 bits per heavy atom. The van der Waals surface area contributed by atoms with Crippen molar-refractivity contribution in [3.8, 4) is 0 Å². The molecule has 1 heterocycles. The number of carboxylic acid groups (broad SMARTS) is 1. The monoisotopic (exact) mass is 305 g/mol. The van der Waals surface area contributed by atoms with E-state index in [9.17, 15) is 14.7 Å². The number of aromatic nitrogens is 2. The lowest BCUT2D eigenvalue weighted by Crippen LogP contribution is -2.49. The second-order valence-electron chi connectivity index (χ2n) is 4.48. The van der Waals surface area contributed by atoms with Crippen LogP contribution in [-0.4, -0.2) is 27.0 Å². The van der Waals surface area contributed by atoms with Gasteiger partial charge in [-0.2, -0.15) is 0 Å². The van der Waals surface area contributed by atoms with E-state index in [-0.39, 0.29) is 10.8 Å². The van der Waals surface area contributed by atoms with Crippen LogP contribution in [-0.2, 0) is 10.3 Å². The Bertz CT molecular complexity index is 678. The first kappa shape index (κ1) is 14.9. The number of carbonyl (C=O) groups is 2. The van der Waals surface area contributed by atoms with Gasteiger partial charge in [0, 0.05) is 0 Å². The molecule has 1 amide bonds. The third kappa shape index (κ3) is 3.17. The van der Waals surface area contributed by atoms with E-state index in [4.69, 9.17) is 11.6 Å². The van der Waals surface area contributed by atoms with Crippen molar-refractivity contribution >= 4 is 23.5 Å². The molecular weight excluding hydrogens is 294 g/mol. The summed E-state index contributed by atoms with van der Waals surface area (Å²) in [6.45, 7) is 1.40. The Morgan fingerprint density at radius 2 is 1.90 bits per heavy atom. The molecular formula is C14H12ClN3O3. The molecule has 0 aliphatic carbocycles. The molecule has 2 aromatic rings. The average Bonchev–Trinajstić information content (AvgIpc) is 2.47. The van der Waals surface area contributed by atoms with E-state index in [1.54, 1.807) is 30.3 Å². The van der Waals surface area contributed by atoms with E-state index in [2.05, 4.69) is 15.3 Å². The number of nitrogens with zero attached hydrogens (tertiary/aromatic N) is 2. The minimum absolute atomic E-state index is 0.0501. The summed E-state index contributed by atoms with van der Waals surface area (Å²) in [5.41, 5.74) is -1.19. The van der Waals surface area contributed by atoms with Gasteiger partial charge >= 0.3 is 5.97 Å². The van der Waals surface area contributed by atoms with Gasteiger partial charge in [0.25, 0.3) is 5.91 Å². The van der Waals surface area contributed by atoms with Gasteiger partial charge < -0.3 is 10.4 Å². The molecule has 0 aliphatic heterocycles. The first-order valence-electron chi connectivity index (χ1n) is 6.02. The number of carboxylic acids is 1. The van der Waals surface area contributed by atoms with Crippen molar-refractivity contribution in [2.75, 3.05) is 0 Å². The molecule has 0 saturated heterocycles. The fourth-order valence-electron chi connectivity index (χ4n) is 1.76. The predicted octanol–water partition coefficient (Wildman–Crippen LogP) is 1.86. The third-order valence-electron chi connectivity index (χ3n) is 2.98. The largest absolute Gasteiger partial charge is 0.479 e. The van der Waals surface area contributed by atoms with Crippen LogP contribution >= 0.6 is 11.6 Å². The number of aliphatic carboxylic acids is 1. The lowest BCUT2D eigenvalue weighted by Gasteiger charge is -2.26. The highest BCUT2D eigenvalue weighted by Gasteiger charge is 2.37. The molecule has 0 spiro atoms. The van der Waals surface area contributed by atoms with Crippen molar-refractivity contribution in [2.24, 2.45) is 0 Å². The quantitative estimate of drug-likeness (QED) is 0.899. The molecule has 1 unspecified atom stereocenters. The summed E-state index contributed by atoms with van der Waals surface area (Å²) in [6, 6.07) is 8.40. The molecule has 7 heteroatoms. The van der Waals surface area contributed by atoms with Crippen LogP contribution < -0.4 is 5.32 Å². The van der Waals surface area contributed by atoms with Gasteiger partial charge in [0.05, 0.1) is 12.4 Å². The fraction of sp³-hybridized carbons (Fsp3) is 0.143. The van der Waals surface area contributed by atoms with Crippen LogP contribution in [0, 0.1) is 0 Å². The summed E-state index contributed by atoms with van der Waals surface area (Å²) < 4.78 is 0. The summed E-state index contributed by atoms with van der Waals surface area (Å²) in [6.07, 6.45) is 2.50. The molecule has 0 radical (unpaired) electrons. The maximum Gasteiger partial charge on any atom is 0.333 e. The molecule has 0 aliphatic rings. The topological polar surface area (TPSA) is 92.2 Å². The van der Waals surface area contributed by atoms with Crippen molar-refractivity contribution < 1.29 is 14.7 Å². The van der Waals surface area contributed by atoms with Crippen molar-refractivity contribution in [1.29, 1.82) is 0 Å². The highest BCUT2D eigenvalue weighted by Crippen LogP contribution is 2.21. The zero-order valence-electron chi connectivity index (χ0n) is 11.1. The lowest BCUT2D eigenvalue weighted by molar-refractivity contribution is -0.144. The number of benzene rings is 1. The number of nitrogens with one attached hydrogen (secondary N) is 1. The first-order valence-corrected chi connectivity index (χ1v) is 6.40. The Labute approximate surface area is 125 Å². The van der Waals surface area contributed by atoms with Crippen LogP contribution in [0.25, 0.3) is 0 Å². The Hall–Kier alpha value is -2.47. The third-order valence-corrected chi connectivity index (χ3v) is 3.16. The SMILES string of the molecule is CC(NC(=O)c1cncc(Cl)n1)(C(=O)O)c1ccccc1. The van der Waals surface area contributed by atoms with Gasteiger partial charge in [0.1, 0.15) is 10.8 Å². The summed E-state index contributed by atoms with van der Waals surface area (Å²) in [5, 5.41) is 12.0. The lowest BCUT2D eigenvalue weighted by atomic mass is 9.92. The second kappa shape index (κ2) is 5.88. The number of carbonyl (C=O) groups excluding carboxylic acids is 1. The maximum absolute atomic E-state index is 12.2. The highest BCUT2D eigenvalue weighted by atomic mass is 35.5. The van der Waals surface area contributed by atoms with E-state index in [0.717, 1.165) is 0 Å². The molecule has 0 saturated carbocycles. The Kier molecular flexibility index (Phi) is 4.18. The molecule has 21 heavy (non-hydrogen) atoms. The summed E-state index contributed by atoms with van der Waals surface area (Å²) in [7, 11) is 0. The molecule has 0 fully saturated rings. The second-order valence-corrected chi connectivity index (χ2v) is 4.86. The molecule has 2 N–H and O–H groups in total. The van der Waals surface area contributed by atoms with Gasteiger partial charge in [-0.25, -0.2) is 9.78 Å². The number of rotatable bonds is 4. The number of amides is 1. The smallest absolute Gasteiger partial charge is 0.333 e. The number of hydrogen-bond acceptors (Lipinski definition) is 4. The maximum atomic E-state index is 12.2. The van der Waals surface area contributed by atoms with Crippen LogP contribution in [0.4, 0.5) is 0 Å². The zero-order valence-corrected chi connectivity index (χ0v) is 11.8. The average molecular weight is 306 g/mol. The van der Waals surface area contributed by atoms with Gasteiger partial charge in [-0.05, 0) is 12.5 Å². The predicted molar refractivity (Wildman–Crippen MR) is 75.9 cm³/mol. The van der Waals surface area contributed by atoms with E-state index in [1.165, 1.54) is 19.3 Å². The van der Waals surface area contributed by atoms with Crippen LogP contribution in [0.2, 0.25) is 5.15 Å². The highest BCUT2D eigenvalue weighted by molar-refractivity contribution is 6.29. The van der Waals surface area contributed by atoms with Gasteiger partial charge in [0.15, 0.2) is 5.54 Å². The molecule has 2 rings (SSSR count). The van der Waals surface area contributed by atoms with Crippen LogP contribution in [0.15, 0.2) is 42.7 Å². The summed E-state index contributed by atoms with van der Waals surface area (Å²) in [5.74, 6) is -1.85. The zero-order chi connectivity index (χ0) is 15.5. The molecule has 1 atom stereocenters. The normalized spacial score (nSPS) is 13.2. The standard InChI is InChI=1S/C14H12ClN3O3/c1-14(13(20)21,9-5-3-2-4-6-9)18-12(19)10-7-16-8-11(15)17-10/h2-8H,1H3,(H,18,19)(H,20,21). The van der Waals surface area contributed by atoms with E-state index >= 15 is 0 Å². The first-order chi connectivity index (χ1) is 9.93. The van der Waals surface area contributed by atoms with Crippen molar-refractivity contribution in [1.82, 2.24) is 15.3 Å². The number of halogens is 1. The van der Waals surface area contributed by atoms with E-state index in [1.807, 2.05) is 0 Å². The van der Waals surface area contributed by atoms with Crippen LogP contribution in [0.1, 0.15) is 23.0 Å². The van der Waals surface area contributed by atoms with E-state index < -0.39 is 17.4 Å². The van der Waals surface area contributed by atoms with Gasteiger partial charge in [-0.1, -0.05) is 41.9 Å². The van der Waals surface area contributed by atoms with Gasteiger partial charge in [0.2, 0.25) is 0 Å². The Morgan fingerprint density at radius 1 is 1.24 bits per heavy atom. The van der Waals surface area contributed by atoms with Crippen LogP contribution in [0.5, 0.6) is 0 Å². The minimum atomic E-state index is -1.58. The van der Waals surface area contributed by atoms with Crippen molar-refractivity contribution in [2.45, 2.75) is 12.5 Å². The molecule has 108 valence electrons. The number of hydrogen-bond donors (Lipinski definition) is 2. The van der Waals surface area contributed by atoms with Crippen molar-refractivity contribution in [3.05, 3.63) is 59.1 Å². The van der Waals surface area contributed by atoms with Crippen molar-refractivity contribution in [3.63, 3.8) is 0 Å². The fourth-order valence-corrected chi connectivity index (χ4v) is 1.91. The van der Waals surface area contributed by atoms with Gasteiger partial charge in [-0.3, -0.25) is 9.78 Å². The molecule has 6 nitrogen and oxygen atoms in total. The Balaban J connectivity index is 2.33. The molecule has 1 aromatic heterocycles. The summed E-state index contributed by atoms with van der Waals surface area (Å²) >= 11 is 5.67. The minimum Gasteiger partial charge on any atom is -0.479 e. The molecule has 0 bridgehead atoms. The summed E-state index contributed by atoms with van der Waals surface area (Å²) in [4.78, 5) is 31.3. The van der Waals surface area contributed by atoms with Crippen LogP contribution in [0.3, 0.4) is 0 Å². The molecule has 1 aromatic carbocycles. The van der Waals surface area contributed by atoms with Gasteiger partial charge in [-0.15, -0.1) is 0 Å².